The van der Waals surface area contributed by atoms with Gasteiger partial charge in [0.05, 0.1) is 30.1 Å². The molecule has 1 N–H and O–H groups in total. The Bertz CT molecular complexity index is 1260. The van der Waals surface area contributed by atoms with Crippen molar-refractivity contribution in [1.29, 1.82) is 0 Å². The van der Waals surface area contributed by atoms with Crippen LogP contribution in [0.3, 0.4) is 0 Å². The second kappa shape index (κ2) is 11.5. The maximum absolute atomic E-state index is 14.8. The summed E-state index contributed by atoms with van der Waals surface area (Å²) >= 11 is 0. The monoisotopic (exact) mass is 578 g/mol. The van der Waals surface area contributed by atoms with Crippen molar-refractivity contribution in [1.82, 2.24) is 9.80 Å². The number of carbonyl (C=O) groups is 3. The van der Waals surface area contributed by atoms with Gasteiger partial charge in [-0.05, 0) is 56.9 Å². The first-order chi connectivity index (χ1) is 20.1. The highest BCUT2D eigenvalue weighted by atomic mass is 16.5. The number of fused-ring (bicyclic) bond motifs is 2. The number of aliphatic hydroxyl groups is 1. The molecule has 1 aromatic carbocycles. The molecule has 3 amide bonds. The zero-order valence-corrected chi connectivity index (χ0v) is 25.8. The first-order valence-electron chi connectivity index (χ1n) is 15.5. The fourth-order valence-electron chi connectivity index (χ4n) is 7.70. The van der Waals surface area contributed by atoms with Gasteiger partial charge in [-0.3, -0.25) is 14.4 Å². The van der Waals surface area contributed by atoms with Gasteiger partial charge in [0.1, 0.15) is 11.6 Å². The molecular weight excluding hydrogens is 532 g/mol. The molecule has 0 aromatic heterocycles. The van der Waals surface area contributed by atoms with E-state index in [4.69, 9.17) is 4.74 Å². The molecule has 9 nitrogen and oxygen atoms in total. The summed E-state index contributed by atoms with van der Waals surface area (Å²) in [7, 11) is 1.74. The molecule has 1 aromatic rings. The van der Waals surface area contributed by atoms with Crippen molar-refractivity contribution in [3.8, 4) is 0 Å². The van der Waals surface area contributed by atoms with Crippen molar-refractivity contribution in [2.75, 3.05) is 49.6 Å². The molecule has 2 fully saturated rings. The van der Waals surface area contributed by atoms with E-state index in [2.05, 4.69) is 18.7 Å². The SMILES string of the molecule is CCN(CC)c1ccc(N2CC=C[C@]34O[C@]5(CC)C=CCN(C)C(=O)[C@@H]5[C@H]3C(=O)N([C@@H](CO)CC(C)C)C4C2=O)cc1. The summed E-state index contributed by atoms with van der Waals surface area (Å²) in [5.41, 5.74) is -0.546. The lowest BCUT2D eigenvalue weighted by molar-refractivity contribution is -0.152. The minimum atomic E-state index is -1.34. The van der Waals surface area contributed by atoms with Gasteiger partial charge in [-0.25, -0.2) is 0 Å². The van der Waals surface area contributed by atoms with Gasteiger partial charge in [0.15, 0.2) is 0 Å². The Kier molecular flexibility index (Phi) is 8.29. The third kappa shape index (κ3) is 4.56. The Morgan fingerprint density at radius 3 is 2.21 bits per heavy atom. The van der Waals surface area contributed by atoms with Gasteiger partial charge in [-0.2, -0.15) is 0 Å². The van der Waals surface area contributed by atoms with E-state index in [1.807, 2.05) is 69.3 Å². The predicted octanol–water partition coefficient (Wildman–Crippen LogP) is 3.23. The maximum atomic E-state index is 14.8. The van der Waals surface area contributed by atoms with Crippen molar-refractivity contribution in [3.63, 3.8) is 0 Å². The van der Waals surface area contributed by atoms with E-state index in [0.29, 0.717) is 25.9 Å². The molecule has 0 aliphatic carbocycles. The molecular formula is C33H46N4O5. The largest absolute Gasteiger partial charge is 0.394 e. The topological polar surface area (TPSA) is 93.6 Å². The van der Waals surface area contributed by atoms with Crippen LogP contribution in [0.4, 0.5) is 11.4 Å². The summed E-state index contributed by atoms with van der Waals surface area (Å²) in [6, 6.07) is 6.33. The molecule has 4 heterocycles. The van der Waals surface area contributed by atoms with Gasteiger partial charge in [-0.1, -0.05) is 45.1 Å². The van der Waals surface area contributed by atoms with Gasteiger partial charge in [0.2, 0.25) is 11.8 Å². The Morgan fingerprint density at radius 2 is 1.62 bits per heavy atom. The molecule has 6 atom stereocenters. The lowest BCUT2D eigenvalue weighted by Crippen LogP contribution is -2.59. The third-order valence-corrected chi connectivity index (χ3v) is 9.72. The van der Waals surface area contributed by atoms with Crippen molar-refractivity contribution in [2.45, 2.75) is 70.7 Å². The average Bonchev–Trinajstić information content (AvgIpc) is 3.28. The van der Waals surface area contributed by atoms with Crippen LogP contribution in [-0.4, -0.2) is 95.7 Å². The molecule has 0 saturated carbocycles. The van der Waals surface area contributed by atoms with Gasteiger partial charge in [0, 0.05) is 44.6 Å². The van der Waals surface area contributed by atoms with Crippen LogP contribution in [0.5, 0.6) is 0 Å². The molecule has 2 saturated heterocycles. The predicted molar refractivity (Wildman–Crippen MR) is 163 cm³/mol. The number of hydrogen-bond acceptors (Lipinski definition) is 6. The molecule has 1 spiro atoms. The number of carbonyl (C=O) groups excluding carboxylic acids is 3. The van der Waals surface area contributed by atoms with E-state index in [0.717, 1.165) is 24.5 Å². The fraction of sp³-hybridized carbons (Fsp3) is 0.606. The first-order valence-corrected chi connectivity index (χ1v) is 15.5. The number of amides is 3. The summed E-state index contributed by atoms with van der Waals surface area (Å²) < 4.78 is 7.01. The zero-order chi connectivity index (χ0) is 30.4. The average molecular weight is 579 g/mol. The van der Waals surface area contributed by atoms with E-state index < -0.39 is 35.1 Å². The summed E-state index contributed by atoms with van der Waals surface area (Å²) in [5.74, 6) is -2.20. The number of nitrogens with zero attached hydrogens (tertiary/aromatic N) is 4. The standard InChI is InChI=1S/C33H46N4O5/c1-7-32-16-10-18-34(6)29(39)26(32)27-30(40)37(25(21-38)20-22(4)5)28-31(41)36(19-11-17-33(27,28)42-32)24-14-12-23(13-15-24)35(8-2)9-3/h10-17,22,25-28,38H,7-9,18-21H2,1-6H3/t25-,26+,27+,28?,32-,33+/m1/s1. The van der Waals surface area contributed by atoms with Crippen LogP contribution in [0.2, 0.25) is 0 Å². The van der Waals surface area contributed by atoms with Crippen LogP contribution >= 0.6 is 0 Å². The van der Waals surface area contributed by atoms with Crippen LogP contribution in [0, 0.1) is 17.8 Å². The Morgan fingerprint density at radius 1 is 0.952 bits per heavy atom. The van der Waals surface area contributed by atoms with Crippen LogP contribution in [0.1, 0.15) is 47.5 Å². The number of aliphatic hydroxyl groups excluding tert-OH is 1. The smallest absolute Gasteiger partial charge is 0.253 e. The molecule has 42 heavy (non-hydrogen) atoms. The van der Waals surface area contributed by atoms with E-state index in [-0.39, 0.29) is 30.2 Å². The number of rotatable bonds is 9. The highest BCUT2D eigenvalue weighted by Crippen LogP contribution is 2.59. The normalized spacial score (nSPS) is 31.3. The van der Waals surface area contributed by atoms with Gasteiger partial charge < -0.3 is 29.4 Å². The van der Waals surface area contributed by atoms with E-state index in [9.17, 15) is 19.5 Å². The van der Waals surface area contributed by atoms with Crippen LogP contribution in [-0.2, 0) is 19.1 Å². The van der Waals surface area contributed by atoms with E-state index in [1.165, 1.54) is 0 Å². The first kappa shape index (κ1) is 30.3. The second-order valence-electron chi connectivity index (χ2n) is 12.5. The Labute approximate surface area is 249 Å². The quantitative estimate of drug-likeness (QED) is 0.453. The van der Waals surface area contributed by atoms with Crippen LogP contribution < -0.4 is 9.80 Å². The van der Waals surface area contributed by atoms with Crippen LogP contribution in [0.15, 0.2) is 48.6 Å². The van der Waals surface area contributed by atoms with Gasteiger partial charge in [0.25, 0.3) is 5.91 Å². The summed E-state index contributed by atoms with van der Waals surface area (Å²) in [5, 5.41) is 10.6. The van der Waals surface area contributed by atoms with E-state index in [1.54, 1.807) is 21.7 Å². The number of benzene rings is 1. The molecule has 5 rings (SSSR count). The molecule has 4 aliphatic rings. The van der Waals surface area contributed by atoms with E-state index >= 15 is 0 Å². The number of anilines is 2. The van der Waals surface area contributed by atoms with Gasteiger partial charge >= 0.3 is 0 Å². The minimum absolute atomic E-state index is 0.156. The fourth-order valence-corrected chi connectivity index (χ4v) is 7.70. The number of ether oxygens (including phenoxy) is 1. The van der Waals surface area contributed by atoms with Crippen molar-refractivity contribution < 1.29 is 24.2 Å². The van der Waals surface area contributed by atoms with Crippen molar-refractivity contribution in [2.24, 2.45) is 17.8 Å². The van der Waals surface area contributed by atoms with Gasteiger partial charge in [-0.15, -0.1) is 0 Å². The molecule has 0 radical (unpaired) electrons. The Hall–Kier alpha value is -3.17. The molecule has 228 valence electrons. The number of likely N-dealkylation sites (N-methyl/N-ethyl adjacent to an activating group) is 1. The number of likely N-dealkylation sites (tertiary alicyclic amines) is 1. The van der Waals surface area contributed by atoms with Crippen molar-refractivity contribution >= 4 is 29.1 Å². The number of hydrogen-bond donors (Lipinski definition) is 1. The summed E-state index contributed by atoms with van der Waals surface area (Å²) in [6.07, 6.45) is 8.65. The highest BCUT2D eigenvalue weighted by Gasteiger charge is 2.75. The minimum Gasteiger partial charge on any atom is -0.394 e. The highest BCUT2D eigenvalue weighted by molar-refractivity contribution is 6.06. The third-order valence-electron chi connectivity index (χ3n) is 9.72. The zero-order valence-electron chi connectivity index (χ0n) is 25.8. The summed E-state index contributed by atoms with van der Waals surface area (Å²) in [4.78, 5) is 50.5. The summed E-state index contributed by atoms with van der Waals surface area (Å²) in [6.45, 7) is 12.5. The molecule has 9 heteroatoms. The second-order valence-corrected chi connectivity index (χ2v) is 12.5. The molecule has 0 bridgehead atoms. The lowest BCUT2D eigenvalue weighted by Gasteiger charge is -2.41. The van der Waals surface area contributed by atoms with Crippen molar-refractivity contribution in [3.05, 3.63) is 48.6 Å². The molecule has 4 aliphatic heterocycles. The molecule has 1 unspecified atom stereocenters. The maximum Gasteiger partial charge on any atom is 0.253 e. The lowest BCUT2D eigenvalue weighted by atomic mass is 9.73. The Balaban J connectivity index is 1.64. The van der Waals surface area contributed by atoms with Crippen LogP contribution in [0.25, 0.3) is 0 Å².